The van der Waals surface area contributed by atoms with Crippen LogP contribution in [0.3, 0.4) is 0 Å². The van der Waals surface area contributed by atoms with Gasteiger partial charge >= 0.3 is 0 Å². The maximum Gasteiger partial charge on any atom is 0.233 e. The Morgan fingerprint density at radius 3 is 2.70 bits per heavy atom. The Bertz CT molecular complexity index is 1270. The summed E-state index contributed by atoms with van der Waals surface area (Å²) in [5.41, 5.74) is 3.71. The van der Waals surface area contributed by atoms with E-state index in [1.165, 1.54) is 43.5 Å². The van der Waals surface area contributed by atoms with Gasteiger partial charge in [-0.25, -0.2) is 4.39 Å². The SMILES string of the molecule is Cn1nc(C23CCCC(C2)C(CN(C(=O)C24CC(F)C(C2)C4)c2cccc(C#N)c2)CC3)cc1C1CC1. The molecule has 1 heterocycles. The number of hydrogen-bond acceptors (Lipinski definition) is 3. The molecule has 4 atom stereocenters. The van der Waals surface area contributed by atoms with Crippen molar-refractivity contribution in [1.29, 1.82) is 5.26 Å². The Kier molecular flexibility index (Phi) is 5.33. The largest absolute Gasteiger partial charge is 0.312 e. The van der Waals surface area contributed by atoms with Gasteiger partial charge in [0.1, 0.15) is 6.17 Å². The van der Waals surface area contributed by atoms with Gasteiger partial charge in [-0.2, -0.15) is 10.4 Å². The summed E-state index contributed by atoms with van der Waals surface area (Å²) in [5, 5.41) is 14.6. The normalized spacial score (nSPS) is 36.0. The van der Waals surface area contributed by atoms with E-state index in [1.54, 1.807) is 6.07 Å². The lowest BCUT2D eigenvalue weighted by molar-refractivity contribution is -0.132. The second kappa shape index (κ2) is 8.41. The maximum atomic E-state index is 14.4. The Balaban J connectivity index is 1.15. The van der Waals surface area contributed by atoms with Crippen LogP contribution in [0.5, 0.6) is 0 Å². The summed E-state index contributed by atoms with van der Waals surface area (Å²) in [6.07, 6.45) is 10.5. The molecule has 37 heavy (non-hydrogen) atoms. The molecule has 6 heteroatoms. The van der Waals surface area contributed by atoms with Gasteiger partial charge in [-0.1, -0.05) is 18.9 Å². The van der Waals surface area contributed by atoms with E-state index < -0.39 is 11.6 Å². The zero-order chi connectivity index (χ0) is 25.4. The molecule has 0 aliphatic heterocycles. The van der Waals surface area contributed by atoms with E-state index in [4.69, 9.17) is 5.10 Å². The minimum atomic E-state index is -0.844. The van der Waals surface area contributed by atoms with Crippen LogP contribution in [-0.4, -0.2) is 28.4 Å². The molecule has 6 aliphatic rings. The lowest BCUT2D eigenvalue weighted by Crippen LogP contribution is -2.51. The number of anilines is 1. The molecule has 194 valence electrons. The number of benzene rings is 1. The van der Waals surface area contributed by atoms with Gasteiger partial charge in [-0.05, 0) is 99.8 Å². The van der Waals surface area contributed by atoms with Gasteiger partial charge in [0.2, 0.25) is 5.91 Å². The van der Waals surface area contributed by atoms with Crippen molar-refractivity contribution in [2.75, 3.05) is 11.4 Å². The molecule has 6 saturated carbocycles. The average Bonchev–Trinajstić information content (AvgIpc) is 3.45. The molecular formula is C31H37FN4O. The van der Waals surface area contributed by atoms with Crippen molar-refractivity contribution in [2.45, 2.75) is 88.1 Å². The lowest BCUT2D eigenvalue weighted by atomic mass is 9.57. The van der Waals surface area contributed by atoms with Crippen molar-refractivity contribution in [1.82, 2.24) is 9.78 Å². The number of amides is 1. The van der Waals surface area contributed by atoms with Crippen molar-refractivity contribution in [3.8, 4) is 6.07 Å². The van der Waals surface area contributed by atoms with Crippen molar-refractivity contribution < 1.29 is 9.18 Å². The highest BCUT2D eigenvalue weighted by Crippen LogP contribution is 2.61. The van der Waals surface area contributed by atoms with Crippen LogP contribution in [0, 0.1) is 34.5 Å². The molecule has 6 aliphatic carbocycles. The summed E-state index contributed by atoms with van der Waals surface area (Å²) in [5.74, 6) is 1.83. The van der Waals surface area contributed by atoms with Gasteiger partial charge in [0, 0.05) is 36.3 Å². The number of carbonyl (C=O) groups excluding carboxylic acids is 1. The zero-order valence-corrected chi connectivity index (χ0v) is 21.8. The van der Waals surface area contributed by atoms with Crippen LogP contribution in [0.2, 0.25) is 0 Å². The number of rotatable bonds is 6. The molecule has 2 aromatic rings. The summed E-state index contributed by atoms with van der Waals surface area (Å²) in [6, 6.07) is 12.1. The monoisotopic (exact) mass is 500 g/mol. The Labute approximate surface area is 219 Å². The molecule has 1 aromatic carbocycles. The summed E-state index contributed by atoms with van der Waals surface area (Å²) < 4.78 is 16.6. The van der Waals surface area contributed by atoms with E-state index in [1.807, 2.05) is 23.1 Å². The van der Waals surface area contributed by atoms with Crippen LogP contribution < -0.4 is 4.90 Å². The van der Waals surface area contributed by atoms with Crippen LogP contribution in [-0.2, 0) is 17.3 Å². The van der Waals surface area contributed by atoms with Gasteiger partial charge in [0.25, 0.3) is 0 Å². The number of fused-ring (bicyclic) bond motifs is 3. The molecule has 8 rings (SSSR count). The van der Waals surface area contributed by atoms with Crippen LogP contribution in [0.1, 0.15) is 93.5 Å². The topological polar surface area (TPSA) is 61.9 Å². The van der Waals surface area contributed by atoms with Crippen molar-refractivity contribution in [2.24, 2.45) is 30.2 Å². The number of halogens is 1. The number of hydrogen-bond donors (Lipinski definition) is 0. The molecule has 1 aromatic heterocycles. The highest BCUT2D eigenvalue weighted by atomic mass is 19.1. The number of nitrogens with zero attached hydrogens (tertiary/aromatic N) is 4. The minimum Gasteiger partial charge on any atom is -0.312 e. The molecular weight excluding hydrogens is 463 g/mol. The second-order valence-electron chi connectivity index (χ2n) is 13.0. The summed E-state index contributed by atoms with van der Waals surface area (Å²) in [6.45, 7) is 0.674. The first-order valence-electron chi connectivity index (χ1n) is 14.4. The number of aromatic nitrogens is 2. The minimum absolute atomic E-state index is 0.0591. The number of nitriles is 1. The Hall–Kier alpha value is -2.68. The Morgan fingerprint density at radius 1 is 1.14 bits per heavy atom. The molecule has 4 bridgehead atoms. The second-order valence-corrected chi connectivity index (χ2v) is 13.0. The molecule has 0 saturated heterocycles. The molecule has 4 unspecified atom stereocenters. The van der Waals surface area contributed by atoms with Gasteiger partial charge < -0.3 is 4.90 Å². The first kappa shape index (κ1) is 23.4. The van der Waals surface area contributed by atoms with E-state index in [2.05, 4.69) is 23.9 Å². The fourth-order valence-corrected chi connectivity index (χ4v) is 8.58. The Morgan fingerprint density at radius 2 is 1.97 bits per heavy atom. The average molecular weight is 501 g/mol. The maximum absolute atomic E-state index is 14.4. The van der Waals surface area contributed by atoms with Crippen molar-refractivity contribution >= 4 is 11.6 Å². The molecule has 1 amide bonds. The van der Waals surface area contributed by atoms with E-state index in [9.17, 15) is 14.4 Å². The van der Waals surface area contributed by atoms with Gasteiger partial charge in [0.05, 0.1) is 22.7 Å². The van der Waals surface area contributed by atoms with E-state index in [-0.39, 0.29) is 17.2 Å². The van der Waals surface area contributed by atoms with E-state index >= 15 is 0 Å². The fourth-order valence-electron chi connectivity index (χ4n) is 8.58. The quantitative estimate of drug-likeness (QED) is 0.476. The third-order valence-corrected chi connectivity index (χ3v) is 10.8. The molecule has 5 nitrogen and oxygen atoms in total. The number of carbonyl (C=O) groups is 1. The third-order valence-electron chi connectivity index (χ3n) is 10.8. The van der Waals surface area contributed by atoms with E-state index in [0.717, 1.165) is 24.9 Å². The molecule has 0 spiro atoms. The molecule has 6 fully saturated rings. The fraction of sp³-hybridized carbons (Fsp3) is 0.645. The van der Waals surface area contributed by atoms with Gasteiger partial charge in [0.15, 0.2) is 0 Å². The summed E-state index contributed by atoms with van der Waals surface area (Å²) in [7, 11) is 2.11. The van der Waals surface area contributed by atoms with Crippen LogP contribution in [0.4, 0.5) is 10.1 Å². The first-order valence-corrected chi connectivity index (χ1v) is 14.4. The van der Waals surface area contributed by atoms with Crippen molar-refractivity contribution in [3.05, 3.63) is 47.3 Å². The van der Waals surface area contributed by atoms with Crippen molar-refractivity contribution in [3.63, 3.8) is 0 Å². The predicted octanol–water partition coefficient (Wildman–Crippen LogP) is 6.18. The van der Waals surface area contributed by atoms with Gasteiger partial charge in [-0.15, -0.1) is 0 Å². The third kappa shape index (κ3) is 3.75. The number of alkyl halides is 1. The van der Waals surface area contributed by atoms with E-state index in [0.29, 0.717) is 49.1 Å². The smallest absolute Gasteiger partial charge is 0.233 e. The highest BCUT2D eigenvalue weighted by Gasteiger charge is 2.62. The highest BCUT2D eigenvalue weighted by molar-refractivity contribution is 5.99. The zero-order valence-electron chi connectivity index (χ0n) is 21.8. The number of aryl methyl sites for hydroxylation is 1. The van der Waals surface area contributed by atoms with Crippen LogP contribution >= 0.6 is 0 Å². The predicted molar refractivity (Wildman–Crippen MR) is 140 cm³/mol. The molecule has 0 radical (unpaired) electrons. The first-order chi connectivity index (χ1) is 17.9. The van der Waals surface area contributed by atoms with Crippen LogP contribution in [0.15, 0.2) is 30.3 Å². The summed E-state index contributed by atoms with van der Waals surface area (Å²) >= 11 is 0. The van der Waals surface area contributed by atoms with Gasteiger partial charge in [-0.3, -0.25) is 9.48 Å². The van der Waals surface area contributed by atoms with Crippen LogP contribution in [0.25, 0.3) is 0 Å². The standard InChI is InChI=1S/C31H37FN4O/c1-35-27(21-7-8-21)13-28(34-35)30-10-3-5-22(14-30)23(9-11-30)19-36(25-6-2-4-20(12-25)18-33)29(37)31-15-24(16-31)26(32)17-31/h2,4,6,12-13,21-24,26H,3,5,7-11,14-17,19H2,1H3. The molecule has 0 N–H and O–H groups in total. The summed E-state index contributed by atoms with van der Waals surface area (Å²) in [4.78, 5) is 16.0. The lowest BCUT2D eigenvalue weighted by Gasteiger charge is -2.49.